The molecule has 2 aliphatic heterocycles. The number of rotatable bonds is 5. The minimum atomic E-state index is -0.406. The van der Waals surface area contributed by atoms with Gasteiger partial charge in [0.15, 0.2) is 0 Å². The van der Waals surface area contributed by atoms with Gasteiger partial charge in [-0.05, 0) is 49.1 Å². The van der Waals surface area contributed by atoms with Gasteiger partial charge >= 0.3 is 6.09 Å². The normalized spacial score (nSPS) is 19.0. The Hall–Kier alpha value is -2.08. The maximum Gasteiger partial charge on any atom is 0.410 e. The molecule has 1 atom stereocenters. The van der Waals surface area contributed by atoms with E-state index in [0.29, 0.717) is 19.6 Å². The molecule has 1 N–H and O–H groups in total. The Morgan fingerprint density at radius 1 is 1.36 bits per heavy atom. The predicted molar refractivity (Wildman–Crippen MR) is 96.6 cm³/mol. The van der Waals surface area contributed by atoms with Crippen molar-refractivity contribution in [3.05, 3.63) is 29.3 Å². The molecule has 1 unspecified atom stereocenters. The fraction of sp³-hybridized carbons (Fsp3) is 0.579. The van der Waals surface area contributed by atoms with Gasteiger partial charge in [-0.25, -0.2) is 4.79 Å². The van der Waals surface area contributed by atoms with E-state index in [1.54, 1.807) is 11.9 Å². The predicted octanol–water partition coefficient (Wildman–Crippen LogP) is 2.31. The molecule has 1 fully saturated rings. The Balaban J connectivity index is 1.63. The van der Waals surface area contributed by atoms with Crippen LogP contribution in [0, 0.1) is 0 Å². The molecule has 0 aliphatic carbocycles. The maximum atomic E-state index is 12.8. The van der Waals surface area contributed by atoms with E-state index in [1.165, 1.54) is 16.0 Å². The standard InChI is InChI=1S/C19H27N3O3/c1-3-4-11-25-19(24)22-10-8-17(22)18(23)21(2)16-6-5-15-13-20-9-7-14(15)12-16/h5-6,12,17,20H,3-4,7-11,13H2,1-2H3. The van der Waals surface area contributed by atoms with Crippen molar-refractivity contribution in [2.45, 2.75) is 45.2 Å². The van der Waals surface area contributed by atoms with Gasteiger partial charge in [0.1, 0.15) is 6.04 Å². The van der Waals surface area contributed by atoms with Crippen molar-refractivity contribution >= 4 is 17.7 Å². The van der Waals surface area contributed by atoms with Gasteiger partial charge in [0.25, 0.3) is 0 Å². The summed E-state index contributed by atoms with van der Waals surface area (Å²) < 4.78 is 5.24. The summed E-state index contributed by atoms with van der Waals surface area (Å²) in [7, 11) is 1.78. The number of ether oxygens (including phenoxy) is 1. The molecular formula is C19H27N3O3. The van der Waals surface area contributed by atoms with Crippen LogP contribution >= 0.6 is 0 Å². The lowest BCUT2D eigenvalue weighted by Crippen LogP contribution is -2.58. The molecular weight excluding hydrogens is 318 g/mol. The van der Waals surface area contributed by atoms with Crippen molar-refractivity contribution in [3.8, 4) is 0 Å². The number of anilines is 1. The van der Waals surface area contributed by atoms with Gasteiger partial charge in [-0.3, -0.25) is 9.69 Å². The monoisotopic (exact) mass is 345 g/mol. The van der Waals surface area contributed by atoms with Gasteiger partial charge in [-0.1, -0.05) is 19.4 Å². The lowest BCUT2D eigenvalue weighted by Gasteiger charge is -2.40. The second kappa shape index (κ2) is 7.87. The molecule has 0 spiro atoms. The summed E-state index contributed by atoms with van der Waals surface area (Å²) in [6, 6.07) is 5.75. The van der Waals surface area contributed by atoms with Gasteiger partial charge in [-0.2, -0.15) is 0 Å². The first-order chi connectivity index (χ1) is 12.1. The number of fused-ring (bicyclic) bond motifs is 1. The molecule has 2 amide bonds. The lowest BCUT2D eigenvalue weighted by molar-refractivity contribution is -0.126. The molecule has 1 saturated heterocycles. The molecule has 0 bridgehead atoms. The average Bonchev–Trinajstić information content (AvgIpc) is 2.60. The highest BCUT2D eigenvalue weighted by atomic mass is 16.6. The smallest absolute Gasteiger partial charge is 0.410 e. The van der Waals surface area contributed by atoms with Gasteiger partial charge in [0.05, 0.1) is 6.61 Å². The van der Waals surface area contributed by atoms with Crippen LogP contribution in [-0.4, -0.2) is 49.7 Å². The van der Waals surface area contributed by atoms with Gasteiger partial charge in [0, 0.05) is 25.8 Å². The maximum absolute atomic E-state index is 12.8. The Morgan fingerprint density at radius 3 is 2.92 bits per heavy atom. The third-order valence-electron chi connectivity index (χ3n) is 5.06. The van der Waals surface area contributed by atoms with Crippen molar-refractivity contribution in [3.63, 3.8) is 0 Å². The highest BCUT2D eigenvalue weighted by Crippen LogP contribution is 2.26. The Labute approximate surface area is 149 Å². The largest absolute Gasteiger partial charge is 0.449 e. The van der Waals surface area contributed by atoms with Crippen LogP contribution in [0.5, 0.6) is 0 Å². The summed E-state index contributed by atoms with van der Waals surface area (Å²) >= 11 is 0. The molecule has 6 heteroatoms. The molecule has 0 radical (unpaired) electrons. The highest BCUT2D eigenvalue weighted by molar-refractivity contribution is 5.99. The fourth-order valence-electron chi connectivity index (χ4n) is 3.27. The molecule has 0 saturated carbocycles. The van der Waals surface area contributed by atoms with Crippen molar-refractivity contribution in [2.75, 3.05) is 31.6 Å². The van der Waals surface area contributed by atoms with Gasteiger partial charge in [0.2, 0.25) is 5.91 Å². The second-order valence-corrected chi connectivity index (χ2v) is 6.74. The number of likely N-dealkylation sites (tertiary alicyclic amines) is 1. The molecule has 2 heterocycles. The average molecular weight is 345 g/mol. The second-order valence-electron chi connectivity index (χ2n) is 6.74. The summed E-state index contributed by atoms with van der Waals surface area (Å²) in [4.78, 5) is 28.1. The molecule has 136 valence electrons. The van der Waals surface area contributed by atoms with Crippen LogP contribution in [0.2, 0.25) is 0 Å². The van der Waals surface area contributed by atoms with E-state index < -0.39 is 6.04 Å². The summed E-state index contributed by atoms with van der Waals surface area (Å²) in [6.07, 6.45) is 3.13. The zero-order chi connectivity index (χ0) is 17.8. The highest BCUT2D eigenvalue weighted by Gasteiger charge is 2.40. The summed E-state index contributed by atoms with van der Waals surface area (Å²) in [6.45, 7) is 4.90. The third kappa shape index (κ3) is 3.79. The van der Waals surface area contributed by atoms with E-state index in [9.17, 15) is 9.59 Å². The van der Waals surface area contributed by atoms with Crippen LogP contribution in [0.4, 0.5) is 10.5 Å². The number of nitrogens with zero attached hydrogens (tertiary/aromatic N) is 2. The number of amides is 2. The van der Waals surface area contributed by atoms with Crippen LogP contribution in [0.15, 0.2) is 18.2 Å². The Bertz CT molecular complexity index is 647. The van der Waals surface area contributed by atoms with Crippen LogP contribution in [0.25, 0.3) is 0 Å². The molecule has 1 aromatic carbocycles. The quantitative estimate of drug-likeness (QED) is 0.832. The molecule has 25 heavy (non-hydrogen) atoms. The van der Waals surface area contributed by atoms with E-state index in [4.69, 9.17) is 4.74 Å². The number of hydrogen-bond acceptors (Lipinski definition) is 4. The molecule has 1 aromatic rings. The lowest BCUT2D eigenvalue weighted by atomic mass is 9.99. The first kappa shape index (κ1) is 17.7. The number of benzene rings is 1. The first-order valence-electron chi connectivity index (χ1n) is 9.15. The van der Waals surface area contributed by atoms with Crippen molar-refractivity contribution < 1.29 is 14.3 Å². The number of likely N-dealkylation sites (N-methyl/N-ethyl adjacent to an activating group) is 1. The van der Waals surface area contributed by atoms with E-state index >= 15 is 0 Å². The zero-order valence-corrected chi connectivity index (χ0v) is 15.1. The van der Waals surface area contributed by atoms with Crippen LogP contribution in [0.3, 0.4) is 0 Å². The SMILES string of the molecule is CCCCOC(=O)N1CCC1C(=O)N(C)c1ccc2c(c1)CCNC2. The number of carbonyl (C=O) groups is 2. The van der Waals surface area contributed by atoms with Crippen LogP contribution < -0.4 is 10.2 Å². The molecule has 2 aliphatic rings. The first-order valence-corrected chi connectivity index (χ1v) is 9.15. The van der Waals surface area contributed by atoms with Crippen LogP contribution in [-0.2, 0) is 22.5 Å². The van der Waals surface area contributed by atoms with Crippen molar-refractivity contribution in [2.24, 2.45) is 0 Å². The fourth-order valence-corrected chi connectivity index (χ4v) is 3.27. The molecule has 0 aromatic heterocycles. The molecule has 6 nitrogen and oxygen atoms in total. The minimum Gasteiger partial charge on any atom is -0.449 e. The topological polar surface area (TPSA) is 61.9 Å². The van der Waals surface area contributed by atoms with Gasteiger partial charge < -0.3 is 15.0 Å². The van der Waals surface area contributed by atoms with Crippen molar-refractivity contribution in [1.82, 2.24) is 10.2 Å². The van der Waals surface area contributed by atoms with Crippen LogP contribution in [0.1, 0.15) is 37.3 Å². The number of nitrogens with one attached hydrogen (secondary N) is 1. The van der Waals surface area contributed by atoms with E-state index in [-0.39, 0.29) is 12.0 Å². The summed E-state index contributed by atoms with van der Waals surface area (Å²) in [5, 5.41) is 3.35. The van der Waals surface area contributed by atoms with Gasteiger partial charge in [-0.15, -0.1) is 0 Å². The van der Waals surface area contributed by atoms with E-state index in [1.807, 2.05) is 13.0 Å². The summed E-state index contributed by atoms with van der Waals surface area (Å²) in [5.41, 5.74) is 3.47. The van der Waals surface area contributed by atoms with E-state index in [0.717, 1.165) is 38.0 Å². The Kier molecular flexibility index (Phi) is 5.58. The third-order valence-corrected chi connectivity index (χ3v) is 5.06. The number of hydrogen-bond donors (Lipinski definition) is 1. The van der Waals surface area contributed by atoms with Crippen molar-refractivity contribution in [1.29, 1.82) is 0 Å². The summed E-state index contributed by atoms with van der Waals surface area (Å²) in [5.74, 6) is -0.0485. The minimum absolute atomic E-state index is 0.0485. The zero-order valence-electron chi connectivity index (χ0n) is 15.1. The number of unbranched alkanes of at least 4 members (excludes halogenated alkanes) is 1. The van der Waals surface area contributed by atoms with E-state index in [2.05, 4.69) is 17.4 Å². The number of carbonyl (C=O) groups excluding carboxylic acids is 2. The molecule has 3 rings (SSSR count). The Morgan fingerprint density at radius 2 is 2.20 bits per heavy atom.